The Morgan fingerprint density at radius 1 is 1.04 bits per heavy atom. The number of ether oxygens (including phenoxy) is 1. The molecule has 0 saturated carbocycles. The summed E-state index contributed by atoms with van der Waals surface area (Å²) in [6, 6.07) is 9.94. The molecule has 0 bridgehead atoms. The largest absolute Gasteiger partial charge is 0.417 e. The van der Waals surface area contributed by atoms with E-state index in [1.807, 2.05) is 30.3 Å². The van der Waals surface area contributed by atoms with Crippen molar-refractivity contribution < 1.29 is 19.4 Å². The Bertz CT molecular complexity index is 539. The molecule has 0 aliphatic carbocycles. The van der Waals surface area contributed by atoms with Crippen LogP contribution in [0.25, 0.3) is 0 Å². The second-order valence-corrected chi connectivity index (χ2v) is 13.5. The van der Waals surface area contributed by atoms with Gasteiger partial charge in [0.1, 0.15) is 0 Å². The zero-order valence-corrected chi connectivity index (χ0v) is 18.6. The van der Waals surface area contributed by atoms with E-state index in [-0.39, 0.29) is 11.0 Å². The molecule has 27 heavy (non-hydrogen) atoms. The maximum Gasteiger partial charge on any atom is 0.191 e. The first kappa shape index (κ1) is 24.1. The van der Waals surface area contributed by atoms with Crippen molar-refractivity contribution in [1.29, 1.82) is 0 Å². The van der Waals surface area contributed by atoms with E-state index in [4.69, 9.17) is 9.16 Å². The molecular formula is C22H38O4Si. The molecule has 0 fully saturated rings. The lowest BCUT2D eigenvalue weighted by Crippen LogP contribution is -2.42. The second-order valence-electron chi connectivity index (χ2n) is 8.67. The monoisotopic (exact) mass is 394 g/mol. The Hall–Kier alpha value is -0.983. The molecule has 5 heteroatoms. The van der Waals surface area contributed by atoms with E-state index in [0.29, 0.717) is 32.7 Å². The molecule has 2 N–H and O–H groups in total. The Balaban J connectivity index is 2.36. The van der Waals surface area contributed by atoms with Gasteiger partial charge in [-0.1, -0.05) is 57.2 Å². The summed E-state index contributed by atoms with van der Waals surface area (Å²) in [5, 5.41) is 21.0. The third kappa shape index (κ3) is 8.28. The van der Waals surface area contributed by atoms with Crippen LogP contribution in [0.4, 0.5) is 0 Å². The minimum atomic E-state index is -1.82. The van der Waals surface area contributed by atoms with E-state index >= 15 is 0 Å². The van der Waals surface area contributed by atoms with E-state index in [0.717, 1.165) is 5.56 Å². The standard InChI is InChI=1S/C22H38O4Si/c1-7-19(21(24)14-16-26-27(5,6)22(2,3)4)20(23)13-15-25-17-18-11-9-8-10-12-18/h7-12,19-21,23-24H,1,13-17H2,2-6H3/t19-,20+,21+/m1/s1. The minimum absolute atomic E-state index is 0.144. The van der Waals surface area contributed by atoms with Gasteiger partial charge in [-0.15, -0.1) is 6.58 Å². The molecule has 3 atom stereocenters. The van der Waals surface area contributed by atoms with E-state index in [1.54, 1.807) is 6.08 Å². The van der Waals surface area contributed by atoms with Gasteiger partial charge >= 0.3 is 0 Å². The van der Waals surface area contributed by atoms with Crippen LogP contribution in [0.1, 0.15) is 39.2 Å². The first-order valence-electron chi connectivity index (χ1n) is 9.83. The number of hydrogen-bond donors (Lipinski definition) is 2. The molecule has 0 aromatic heterocycles. The maximum atomic E-state index is 10.5. The molecule has 0 amide bonds. The smallest absolute Gasteiger partial charge is 0.191 e. The van der Waals surface area contributed by atoms with E-state index in [2.05, 4.69) is 40.4 Å². The van der Waals surface area contributed by atoms with Crippen molar-refractivity contribution in [2.75, 3.05) is 13.2 Å². The van der Waals surface area contributed by atoms with Gasteiger partial charge < -0.3 is 19.4 Å². The third-order valence-corrected chi connectivity index (χ3v) is 10.1. The lowest BCUT2D eigenvalue weighted by molar-refractivity contribution is 0.00284. The van der Waals surface area contributed by atoms with Crippen LogP contribution in [0, 0.1) is 5.92 Å². The van der Waals surface area contributed by atoms with Gasteiger partial charge in [-0.25, -0.2) is 0 Å². The second kappa shape index (κ2) is 11.1. The highest BCUT2D eigenvalue weighted by Gasteiger charge is 2.37. The molecule has 0 aliphatic rings. The van der Waals surface area contributed by atoms with Crippen LogP contribution in [0.2, 0.25) is 18.1 Å². The lowest BCUT2D eigenvalue weighted by atomic mass is 9.92. The van der Waals surface area contributed by atoms with Crippen LogP contribution in [-0.4, -0.2) is 44.0 Å². The third-order valence-electron chi connectivity index (χ3n) is 5.51. The van der Waals surface area contributed by atoms with Crippen LogP contribution in [0.3, 0.4) is 0 Å². The van der Waals surface area contributed by atoms with Gasteiger partial charge in [0.15, 0.2) is 8.32 Å². The van der Waals surface area contributed by atoms with Gasteiger partial charge in [0, 0.05) is 19.1 Å². The Labute approximate surface area is 166 Å². The Kier molecular flexibility index (Phi) is 9.91. The van der Waals surface area contributed by atoms with Gasteiger partial charge in [-0.3, -0.25) is 0 Å². The Morgan fingerprint density at radius 3 is 2.11 bits per heavy atom. The zero-order chi connectivity index (χ0) is 20.5. The van der Waals surface area contributed by atoms with Crippen molar-refractivity contribution >= 4 is 8.32 Å². The number of aliphatic hydroxyl groups excluding tert-OH is 2. The molecular weight excluding hydrogens is 356 g/mol. The van der Waals surface area contributed by atoms with Gasteiger partial charge in [0.25, 0.3) is 0 Å². The quantitative estimate of drug-likeness (QED) is 0.311. The van der Waals surface area contributed by atoms with Crippen LogP contribution in [0.15, 0.2) is 43.0 Å². The average Bonchev–Trinajstić information content (AvgIpc) is 2.59. The van der Waals surface area contributed by atoms with E-state index < -0.39 is 20.5 Å². The van der Waals surface area contributed by atoms with Crippen molar-refractivity contribution in [3.63, 3.8) is 0 Å². The molecule has 154 valence electrons. The van der Waals surface area contributed by atoms with Crippen LogP contribution >= 0.6 is 0 Å². The number of hydrogen-bond acceptors (Lipinski definition) is 4. The van der Waals surface area contributed by atoms with E-state index in [9.17, 15) is 10.2 Å². The molecule has 0 saturated heterocycles. The molecule has 0 heterocycles. The molecule has 0 spiro atoms. The number of aliphatic hydroxyl groups is 2. The SMILES string of the molecule is C=C[C@H]([C@@H](O)CCOCc1ccccc1)[C@@H](O)CCO[Si](C)(C)C(C)(C)C. The molecule has 1 aromatic carbocycles. The van der Waals surface area contributed by atoms with Gasteiger partial charge in [-0.2, -0.15) is 0 Å². The van der Waals surface area contributed by atoms with Crippen molar-refractivity contribution in [3.8, 4) is 0 Å². The van der Waals surface area contributed by atoms with Crippen LogP contribution in [0.5, 0.6) is 0 Å². The summed E-state index contributed by atoms with van der Waals surface area (Å²) < 4.78 is 11.8. The summed E-state index contributed by atoms with van der Waals surface area (Å²) in [6.45, 7) is 16.2. The maximum absolute atomic E-state index is 10.5. The summed E-state index contributed by atoms with van der Waals surface area (Å²) in [6.07, 6.45) is 1.24. The number of benzene rings is 1. The van der Waals surface area contributed by atoms with Crippen LogP contribution in [-0.2, 0) is 15.8 Å². The fourth-order valence-corrected chi connectivity index (χ4v) is 3.64. The van der Waals surface area contributed by atoms with Crippen molar-refractivity contribution in [1.82, 2.24) is 0 Å². The summed E-state index contributed by atoms with van der Waals surface area (Å²) in [4.78, 5) is 0. The minimum Gasteiger partial charge on any atom is -0.417 e. The van der Waals surface area contributed by atoms with Gasteiger partial charge in [-0.05, 0) is 36.5 Å². The van der Waals surface area contributed by atoms with Gasteiger partial charge in [0.05, 0.1) is 18.8 Å². The highest BCUT2D eigenvalue weighted by molar-refractivity contribution is 6.74. The lowest BCUT2D eigenvalue weighted by Gasteiger charge is -2.36. The predicted octanol–water partition coefficient (Wildman–Crippen LogP) is 4.53. The zero-order valence-electron chi connectivity index (χ0n) is 17.6. The fourth-order valence-electron chi connectivity index (χ4n) is 2.58. The molecule has 0 unspecified atom stereocenters. The molecule has 4 nitrogen and oxygen atoms in total. The normalized spacial score (nSPS) is 16.0. The van der Waals surface area contributed by atoms with Gasteiger partial charge in [0.2, 0.25) is 0 Å². The highest BCUT2D eigenvalue weighted by atomic mass is 28.4. The molecule has 1 aromatic rings. The Morgan fingerprint density at radius 2 is 1.59 bits per heavy atom. The summed E-state index contributed by atoms with van der Waals surface area (Å²) in [5.41, 5.74) is 1.11. The van der Waals surface area contributed by atoms with Crippen molar-refractivity contribution in [3.05, 3.63) is 48.6 Å². The van der Waals surface area contributed by atoms with Crippen molar-refractivity contribution in [2.45, 2.75) is 70.6 Å². The fraction of sp³-hybridized carbons (Fsp3) is 0.636. The summed E-state index contributed by atoms with van der Waals surface area (Å²) in [7, 11) is -1.82. The highest BCUT2D eigenvalue weighted by Crippen LogP contribution is 2.36. The molecule has 0 aliphatic heterocycles. The first-order valence-corrected chi connectivity index (χ1v) is 12.7. The first-order chi connectivity index (χ1) is 12.6. The average molecular weight is 395 g/mol. The summed E-state index contributed by atoms with van der Waals surface area (Å²) in [5.74, 6) is -0.381. The van der Waals surface area contributed by atoms with E-state index in [1.165, 1.54) is 0 Å². The predicted molar refractivity (Wildman–Crippen MR) is 114 cm³/mol. The summed E-state index contributed by atoms with van der Waals surface area (Å²) >= 11 is 0. The molecule has 1 rings (SSSR count). The van der Waals surface area contributed by atoms with Crippen LogP contribution < -0.4 is 0 Å². The molecule has 0 radical (unpaired) electrons. The van der Waals surface area contributed by atoms with Crippen molar-refractivity contribution in [2.24, 2.45) is 5.92 Å². The topological polar surface area (TPSA) is 58.9 Å². The number of rotatable bonds is 12.